The Labute approximate surface area is 151 Å². The summed E-state index contributed by atoms with van der Waals surface area (Å²) >= 11 is 0. The van der Waals surface area contributed by atoms with Gasteiger partial charge in [0.05, 0.1) is 27.7 Å². The smallest absolute Gasteiger partial charge is 0.414 e. The molecule has 152 valence electrons. The number of alkyl carbamates (subject to hydrolysis) is 1. The number of carbonyl (C=O) groups is 2. The van der Waals surface area contributed by atoms with Crippen molar-refractivity contribution in [2.45, 2.75) is 49.5 Å². The summed E-state index contributed by atoms with van der Waals surface area (Å²) in [7, 11) is 4.63. The largest absolute Gasteiger partial charge is 0.542 e. The summed E-state index contributed by atoms with van der Waals surface area (Å²) in [6.45, 7) is 0.00981. The summed E-state index contributed by atoms with van der Waals surface area (Å²) in [6, 6.07) is 0. The van der Waals surface area contributed by atoms with Crippen LogP contribution in [0.15, 0.2) is 0 Å². The number of carboxylic acids is 1. The van der Waals surface area contributed by atoms with E-state index in [1.54, 1.807) is 28.1 Å². The molecule has 1 aliphatic rings. The SMILES string of the molecule is CCCC(NC(=O)OC1(CO)O[C@H](CO)[C@@H](O)[C@@H]1O)(C(=O)[O-])[N+](C)(C)C. The normalized spacial score (nSPS) is 31.3. The lowest BCUT2D eigenvalue weighted by Gasteiger charge is -2.46. The molecular formula is C15H28N2O9. The van der Waals surface area contributed by atoms with Crippen LogP contribution in [0.3, 0.4) is 0 Å². The first-order valence-electron chi connectivity index (χ1n) is 8.20. The van der Waals surface area contributed by atoms with E-state index in [2.05, 4.69) is 5.32 Å². The Balaban J connectivity index is 3.09. The van der Waals surface area contributed by atoms with Gasteiger partial charge in [-0.25, -0.2) is 4.79 Å². The second-order valence-corrected chi connectivity index (χ2v) is 7.17. The van der Waals surface area contributed by atoms with E-state index in [-0.39, 0.29) is 10.9 Å². The number of ether oxygens (including phenoxy) is 2. The summed E-state index contributed by atoms with van der Waals surface area (Å²) in [6.07, 6.45) is -5.62. The molecule has 0 aliphatic carbocycles. The molecule has 0 bridgehead atoms. The minimum Gasteiger partial charge on any atom is -0.542 e. The molecule has 26 heavy (non-hydrogen) atoms. The number of hydrogen-bond acceptors (Lipinski definition) is 9. The van der Waals surface area contributed by atoms with Gasteiger partial charge in [-0.05, 0) is 6.42 Å². The van der Waals surface area contributed by atoms with Gasteiger partial charge in [0.25, 0.3) is 5.79 Å². The highest BCUT2D eigenvalue weighted by atomic mass is 16.8. The Morgan fingerprint density at radius 3 is 2.23 bits per heavy atom. The number of hydrogen-bond donors (Lipinski definition) is 5. The average Bonchev–Trinajstić information content (AvgIpc) is 2.78. The minimum absolute atomic E-state index is 0.0192. The number of aliphatic carboxylic acids is 1. The number of nitrogens with zero attached hydrogens (tertiary/aromatic N) is 1. The number of aliphatic hydroxyl groups excluding tert-OH is 4. The zero-order chi connectivity index (χ0) is 20.3. The van der Waals surface area contributed by atoms with Crippen LogP contribution in [-0.4, -0.2) is 101 Å². The molecule has 1 amide bonds. The Bertz CT molecular complexity index is 524. The van der Waals surface area contributed by atoms with Crippen LogP contribution in [-0.2, 0) is 14.3 Å². The Kier molecular flexibility index (Phi) is 6.96. The summed E-state index contributed by atoms with van der Waals surface area (Å²) in [5.74, 6) is -3.88. The van der Waals surface area contributed by atoms with Gasteiger partial charge in [-0.1, -0.05) is 6.92 Å². The second kappa shape index (κ2) is 8.03. The first-order chi connectivity index (χ1) is 11.9. The molecule has 1 heterocycles. The highest BCUT2D eigenvalue weighted by Crippen LogP contribution is 2.33. The fourth-order valence-corrected chi connectivity index (χ4v) is 2.96. The molecule has 1 fully saturated rings. The van der Waals surface area contributed by atoms with Gasteiger partial charge in [-0.3, -0.25) is 5.32 Å². The molecule has 0 spiro atoms. The van der Waals surface area contributed by atoms with E-state index in [4.69, 9.17) is 14.6 Å². The topological polar surface area (TPSA) is 169 Å². The van der Waals surface area contributed by atoms with Gasteiger partial charge in [-0.2, -0.15) is 0 Å². The highest BCUT2D eigenvalue weighted by molar-refractivity contribution is 5.81. The number of carboxylic acid groups (broad SMARTS) is 1. The molecule has 11 heteroatoms. The zero-order valence-electron chi connectivity index (χ0n) is 15.3. The van der Waals surface area contributed by atoms with Crippen LogP contribution in [0.25, 0.3) is 0 Å². The lowest BCUT2D eigenvalue weighted by molar-refractivity contribution is -0.919. The van der Waals surface area contributed by atoms with Crippen molar-refractivity contribution in [3.8, 4) is 0 Å². The zero-order valence-corrected chi connectivity index (χ0v) is 15.3. The minimum atomic E-state index is -2.34. The van der Waals surface area contributed by atoms with Gasteiger partial charge in [0.2, 0.25) is 5.66 Å². The molecule has 0 aromatic heterocycles. The molecule has 1 rings (SSSR count). The van der Waals surface area contributed by atoms with Crippen molar-refractivity contribution in [1.82, 2.24) is 5.32 Å². The molecule has 2 unspecified atom stereocenters. The van der Waals surface area contributed by atoms with Crippen molar-refractivity contribution in [3.05, 3.63) is 0 Å². The summed E-state index contributed by atoms with van der Waals surface area (Å²) in [4.78, 5) is 24.2. The van der Waals surface area contributed by atoms with E-state index >= 15 is 0 Å². The third-order valence-corrected chi connectivity index (χ3v) is 4.58. The van der Waals surface area contributed by atoms with Crippen molar-refractivity contribution in [2.24, 2.45) is 0 Å². The predicted molar refractivity (Wildman–Crippen MR) is 84.1 cm³/mol. The predicted octanol–water partition coefficient (Wildman–Crippen LogP) is -3.53. The molecule has 11 nitrogen and oxygen atoms in total. The van der Waals surface area contributed by atoms with Crippen molar-refractivity contribution < 1.29 is 49.1 Å². The van der Waals surface area contributed by atoms with Crippen LogP contribution in [0, 0.1) is 0 Å². The van der Waals surface area contributed by atoms with Gasteiger partial charge in [0, 0.05) is 6.42 Å². The van der Waals surface area contributed by atoms with Gasteiger partial charge in [0.1, 0.15) is 24.8 Å². The number of quaternary nitrogens is 1. The standard InChI is InChI=1S/C15H28N2O9/c1-5-6-14(12(22)23,17(2,3)4)16-13(24)26-15(8-19)11(21)10(20)9(7-18)25-15/h9-11,18-21H,5-8H2,1-4H3,(H-,16,22,23,24)/t9-,10-,11+,14?,15?/m1/s1. The number of carbonyl (C=O) groups excluding carboxylic acids is 2. The number of likely N-dealkylation sites (N-methyl/N-ethyl adjacent to an activating group) is 1. The number of rotatable bonds is 8. The van der Waals surface area contributed by atoms with Crippen molar-refractivity contribution in [1.29, 1.82) is 0 Å². The van der Waals surface area contributed by atoms with Crippen LogP contribution in [0.4, 0.5) is 4.79 Å². The maximum absolute atomic E-state index is 12.4. The molecule has 0 saturated carbocycles. The van der Waals surface area contributed by atoms with E-state index < -0.39 is 55.0 Å². The lowest BCUT2D eigenvalue weighted by atomic mass is 10.0. The summed E-state index contributed by atoms with van der Waals surface area (Å²) in [5, 5.41) is 52.5. The first kappa shape index (κ1) is 22.5. The number of amides is 1. The van der Waals surface area contributed by atoms with Crippen molar-refractivity contribution in [3.63, 3.8) is 0 Å². The Morgan fingerprint density at radius 1 is 1.31 bits per heavy atom. The number of aliphatic hydroxyl groups is 4. The fraction of sp³-hybridized carbons (Fsp3) is 0.867. The second-order valence-electron chi connectivity index (χ2n) is 7.17. The molecule has 0 radical (unpaired) electrons. The van der Waals surface area contributed by atoms with Gasteiger partial charge in [-0.15, -0.1) is 0 Å². The van der Waals surface area contributed by atoms with E-state index in [1.165, 1.54) is 0 Å². The molecular weight excluding hydrogens is 352 g/mol. The maximum Gasteiger partial charge on any atom is 0.414 e. The molecule has 1 aliphatic heterocycles. The van der Waals surface area contributed by atoms with E-state index in [0.29, 0.717) is 6.42 Å². The van der Waals surface area contributed by atoms with Crippen LogP contribution in [0.1, 0.15) is 19.8 Å². The Morgan fingerprint density at radius 2 is 1.88 bits per heavy atom. The first-order valence-corrected chi connectivity index (χ1v) is 8.20. The van der Waals surface area contributed by atoms with E-state index in [9.17, 15) is 30.0 Å². The molecule has 0 aromatic rings. The van der Waals surface area contributed by atoms with Crippen molar-refractivity contribution >= 4 is 12.1 Å². The van der Waals surface area contributed by atoms with Crippen LogP contribution in [0.5, 0.6) is 0 Å². The molecule has 5 N–H and O–H groups in total. The average molecular weight is 380 g/mol. The van der Waals surface area contributed by atoms with Crippen LogP contribution < -0.4 is 10.4 Å². The van der Waals surface area contributed by atoms with Crippen molar-refractivity contribution in [2.75, 3.05) is 34.4 Å². The summed E-state index contributed by atoms with van der Waals surface area (Å²) in [5.41, 5.74) is -1.85. The third kappa shape index (κ3) is 3.92. The van der Waals surface area contributed by atoms with Gasteiger partial charge >= 0.3 is 6.09 Å². The number of nitrogens with one attached hydrogen (secondary N) is 1. The fourth-order valence-electron chi connectivity index (χ4n) is 2.96. The van der Waals surface area contributed by atoms with E-state index in [1.807, 2.05) is 0 Å². The van der Waals surface area contributed by atoms with Crippen LogP contribution >= 0.6 is 0 Å². The Hall–Kier alpha value is -1.50. The van der Waals surface area contributed by atoms with Crippen LogP contribution in [0.2, 0.25) is 0 Å². The third-order valence-electron chi connectivity index (χ3n) is 4.58. The monoisotopic (exact) mass is 380 g/mol. The van der Waals surface area contributed by atoms with E-state index in [0.717, 1.165) is 0 Å². The highest BCUT2D eigenvalue weighted by Gasteiger charge is 2.58. The van der Waals surface area contributed by atoms with Gasteiger partial charge in [0.15, 0.2) is 6.10 Å². The molecule has 1 saturated heterocycles. The quantitative estimate of drug-likeness (QED) is 0.211. The maximum atomic E-state index is 12.4. The molecule has 0 aromatic carbocycles. The molecule has 5 atom stereocenters. The van der Waals surface area contributed by atoms with Gasteiger partial charge < -0.3 is 44.3 Å². The summed E-state index contributed by atoms with van der Waals surface area (Å²) < 4.78 is 9.85. The lowest BCUT2D eigenvalue weighted by Crippen LogP contribution is -2.74.